The summed E-state index contributed by atoms with van der Waals surface area (Å²) in [6.07, 6.45) is 6.57. The van der Waals surface area contributed by atoms with E-state index < -0.39 is 0 Å². The molecule has 1 aromatic rings. The molecule has 24 heavy (non-hydrogen) atoms. The fraction of sp³-hybridized carbons (Fsp3) is 0.722. The summed E-state index contributed by atoms with van der Waals surface area (Å²) in [4.78, 5) is 28.9. The van der Waals surface area contributed by atoms with Crippen molar-refractivity contribution >= 4 is 11.8 Å². The summed E-state index contributed by atoms with van der Waals surface area (Å²) in [5.74, 6) is 0.725. The van der Waals surface area contributed by atoms with Crippen LogP contribution in [0, 0.1) is 5.92 Å². The zero-order valence-electron chi connectivity index (χ0n) is 14.8. The fourth-order valence-electron chi connectivity index (χ4n) is 3.50. The van der Waals surface area contributed by atoms with Gasteiger partial charge in [-0.3, -0.25) is 14.3 Å². The Hall–Kier alpha value is -1.85. The number of fused-ring (bicyclic) bond motifs is 1. The van der Waals surface area contributed by atoms with Crippen LogP contribution in [0.1, 0.15) is 55.6 Å². The Bertz CT molecular complexity index is 602. The van der Waals surface area contributed by atoms with Crippen molar-refractivity contribution in [1.29, 1.82) is 0 Å². The molecule has 132 valence electrons. The average molecular weight is 332 g/mol. The summed E-state index contributed by atoms with van der Waals surface area (Å²) in [7, 11) is 0. The summed E-state index contributed by atoms with van der Waals surface area (Å²) in [5.41, 5.74) is 1.84. The van der Waals surface area contributed by atoms with Gasteiger partial charge in [0.15, 0.2) is 0 Å². The van der Waals surface area contributed by atoms with E-state index in [4.69, 9.17) is 0 Å². The molecule has 2 aliphatic heterocycles. The van der Waals surface area contributed by atoms with E-state index in [1.807, 2.05) is 14.5 Å². The molecule has 0 bridgehead atoms. The molecule has 0 radical (unpaired) electrons. The van der Waals surface area contributed by atoms with Gasteiger partial charge in [-0.25, -0.2) is 0 Å². The van der Waals surface area contributed by atoms with Gasteiger partial charge in [0, 0.05) is 39.1 Å². The molecule has 0 aliphatic carbocycles. The third-order valence-electron chi connectivity index (χ3n) is 5.35. The lowest BCUT2D eigenvalue weighted by Crippen LogP contribution is -2.50. The summed E-state index contributed by atoms with van der Waals surface area (Å²) >= 11 is 0. The van der Waals surface area contributed by atoms with Crippen LogP contribution in [0.15, 0.2) is 6.20 Å². The highest BCUT2D eigenvalue weighted by Gasteiger charge is 2.28. The first-order valence-corrected chi connectivity index (χ1v) is 9.22. The number of carbonyl (C=O) groups excluding carboxylic acids is 2. The third-order valence-corrected chi connectivity index (χ3v) is 5.35. The van der Waals surface area contributed by atoms with Gasteiger partial charge in [-0.05, 0) is 25.2 Å². The van der Waals surface area contributed by atoms with Crippen LogP contribution >= 0.6 is 0 Å². The number of aryl methyl sites for hydroxylation is 1. The molecule has 6 heteroatoms. The number of hydrogen-bond acceptors (Lipinski definition) is 3. The van der Waals surface area contributed by atoms with E-state index in [0.29, 0.717) is 38.5 Å². The number of rotatable bonds is 4. The number of carbonyl (C=O) groups is 2. The molecule has 1 fully saturated rings. The van der Waals surface area contributed by atoms with Gasteiger partial charge >= 0.3 is 0 Å². The van der Waals surface area contributed by atoms with Gasteiger partial charge in [-0.2, -0.15) is 5.10 Å². The SMILES string of the molecule is CCC(C)CC(=O)N1CCN(C(=O)c2cnn3c2CCCC3)CC1. The first-order chi connectivity index (χ1) is 11.6. The molecule has 1 saturated heterocycles. The maximum absolute atomic E-state index is 12.8. The minimum Gasteiger partial charge on any atom is -0.339 e. The minimum absolute atomic E-state index is 0.0761. The Morgan fingerprint density at radius 1 is 1.12 bits per heavy atom. The first kappa shape index (κ1) is 17.0. The Morgan fingerprint density at radius 3 is 2.54 bits per heavy atom. The maximum Gasteiger partial charge on any atom is 0.257 e. The van der Waals surface area contributed by atoms with Crippen LogP contribution in [0.4, 0.5) is 0 Å². The van der Waals surface area contributed by atoms with Crippen molar-refractivity contribution < 1.29 is 9.59 Å². The highest BCUT2D eigenvalue weighted by molar-refractivity contribution is 5.95. The monoisotopic (exact) mass is 332 g/mol. The van der Waals surface area contributed by atoms with Gasteiger partial charge in [0.1, 0.15) is 0 Å². The van der Waals surface area contributed by atoms with E-state index >= 15 is 0 Å². The number of amides is 2. The molecule has 2 amide bonds. The van der Waals surface area contributed by atoms with Gasteiger partial charge in [0.05, 0.1) is 17.5 Å². The highest BCUT2D eigenvalue weighted by Crippen LogP contribution is 2.20. The van der Waals surface area contributed by atoms with Crippen LogP contribution in [0.2, 0.25) is 0 Å². The lowest BCUT2D eigenvalue weighted by Gasteiger charge is -2.35. The van der Waals surface area contributed by atoms with E-state index in [1.54, 1.807) is 6.20 Å². The quantitative estimate of drug-likeness (QED) is 0.847. The number of hydrogen-bond donors (Lipinski definition) is 0. The van der Waals surface area contributed by atoms with Crippen LogP contribution in [-0.2, 0) is 17.8 Å². The molecule has 0 aromatic carbocycles. The van der Waals surface area contributed by atoms with Gasteiger partial charge in [-0.1, -0.05) is 20.3 Å². The highest BCUT2D eigenvalue weighted by atomic mass is 16.2. The van der Waals surface area contributed by atoms with Gasteiger partial charge < -0.3 is 9.80 Å². The van der Waals surface area contributed by atoms with Crippen LogP contribution in [0.5, 0.6) is 0 Å². The zero-order chi connectivity index (χ0) is 17.1. The van der Waals surface area contributed by atoms with Crippen molar-refractivity contribution in [3.63, 3.8) is 0 Å². The van der Waals surface area contributed by atoms with Crippen molar-refractivity contribution in [1.82, 2.24) is 19.6 Å². The molecule has 1 unspecified atom stereocenters. The topological polar surface area (TPSA) is 58.4 Å². The number of piperazine rings is 1. The van der Waals surface area contributed by atoms with Crippen LogP contribution in [0.25, 0.3) is 0 Å². The summed E-state index contributed by atoms with van der Waals surface area (Å²) in [6.45, 7) is 7.67. The second kappa shape index (κ2) is 7.36. The smallest absolute Gasteiger partial charge is 0.257 e. The van der Waals surface area contributed by atoms with Gasteiger partial charge in [0.2, 0.25) is 5.91 Å². The normalized spacial score (nSPS) is 19.1. The van der Waals surface area contributed by atoms with Crippen LogP contribution < -0.4 is 0 Å². The largest absolute Gasteiger partial charge is 0.339 e. The molecule has 1 atom stereocenters. The zero-order valence-corrected chi connectivity index (χ0v) is 14.8. The summed E-state index contributed by atoms with van der Waals surface area (Å²) < 4.78 is 1.97. The Kier molecular flexibility index (Phi) is 5.21. The summed E-state index contributed by atoms with van der Waals surface area (Å²) in [5, 5.41) is 4.36. The standard InChI is InChI=1S/C18H28N4O2/c1-3-14(2)12-17(23)20-8-10-21(11-9-20)18(24)15-13-19-22-7-5-4-6-16(15)22/h13-14H,3-12H2,1-2H3. The Morgan fingerprint density at radius 2 is 1.83 bits per heavy atom. The maximum atomic E-state index is 12.8. The average Bonchev–Trinajstić information content (AvgIpc) is 3.05. The second-order valence-electron chi connectivity index (χ2n) is 7.08. The second-order valence-corrected chi connectivity index (χ2v) is 7.08. The van der Waals surface area contributed by atoms with Crippen LogP contribution in [0.3, 0.4) is 0 Å². The van der Waals surface area contributed by atoms with Crippen LogP contribution in [-0.4, -0.2) is 57.6 Å². The van der Waals surface area contributed by atoms with Gasteiger partial charge in [0.25, 0.3) is 5.91 Å². The van der Waals surface area contributed by atoms with Gasteiger partial charge in [-0.15, -0.1) is 0 Å². The molecular weight excluding hydrogens is 304 g/mol. The molecule has 0 spiro atoms. The van der Waals surface area contributed by atoms with Crippen molar-refractivity contribution in [3.8, 4) is 0 Å². The molecule has 6 nitrogen and oxygen atoms in total. The van der Waals surface area contributed by atoms with Crippen molar-refractivity contribution in [2.75, 3.05) is 26.2 Å². The minimum atomic E-state index is 0.0761. The van der Waals surface area contributed by atoms with Crippen molar-refractivity contribution in [2.45, 2.75) is 52.5 Å². The van der Waals surface area contributed by atoms with Crippen molar-refractivity contribution in [3.05, 3.63) is 17.5 Å². The Balaban J connectivity index is 1.58. The predicted octanol–water partition coefficient (Wildman–Crippen LogP) is 1.94. The van der Waals surface area contributed by atoms with E-state index in [9.17, 15) is 9.59 Å². The number of aromatic nitrogens is 2. The van der Waals surface area contributed by atoms with E-state index in [1.165, 1.54) is 0 Å². The van der Waals surface area contributed by atoms with E-state index in [2.05, 4.69) is 18.9 Å². The molecular formula is C18H28N4O2. The summed E-state index contributed by atoms with van der Waals surface area (Å²) in [6, 6.07) is 0. The molecule has 1 aromatic heterocycles. The lowest BCUT2D eigenvalue weighted by molar-refractivity contribution is -0.133. The van der Waals surface area contributed by atoms with Crippen molar-refractivity contribution in [2.24, 2.45) is 5.92 Å². The Labute approximate surface area is 143 Å². The van der Waals surface area contributed by atoms with E-state index in [0.717, 1.165) is 43.5 Å². The molecule has 3 heterocycles. The third kappa shape index (κ3) is 3.47. The first-order valence-electron chi connectivity index (χ1n) is 9.22. The number of nitrogens with zero attached hydrogens (tertiary/aromatic N) is 4. The predicted molar refractivity (Wildman–Crippen MR) is 91.7 cm³/mol. The lowest BCUT2D eigenvalue weighted by atomic mass is 10.0. The van der Waals surface area contributed by atoms with E-state index in [-0.39, 0.29) is 11.8 Å². The molecule has 0 saturated carbocycles. The molecule has 3 rings (SSSR count). The fourth-order valence-corrected chi connectivity index (χ4v) is 3.50. The molecule has 2 aliphatic rings. The molecule has 0 N–H and O–H groups in total.